The first kappa shape index (κ1) is 13.9. The molecule has 0 bridgehead atoms. The zero-order chi connectivity index (χ0) is 8.85. The molecule has 5 heteroatoms. The van der Waals surface area contributed by atoms with Gasteiger partial charge in [-0.25, -0.2) is 0 Å². The van der Waals surface area contributed by atoms with Gasteiger partial charge in [0.05, 0.1) is 6.42 Å². The molecule has 0 aliphatic heterocycles. The summed E-state index contributed by atoms with van der Waals surface area (Å²) >= 11 is 0. The Morgan fingerprint density at radius 1 is 1.08 bits per heavy atom. The molecular formula is C7H10FeO4. The van der Waals surface area contributed by atoms with Crippen LogP contribution < -0.4 is 0 Å². The van der Waals surface area contributed by atoms with E-state index in [1.165, 1.54) is 6.92 Å². The van der Waals surface area contributed by atoms with Gasteiger partial charge in [0.2, 0.25) is 0 Å². The van der Waals surface area contributed by atoms with E-state index >= 15 is 0 Å². The molecule has 0 atom stereocenters. The maximum absolute atomic E-state index is 10.6. The number of hydrogen-bond acceptors (Lipinski definition) is 4. The maximum atomic E-state index is 10.6. The maximum Gasteiger partial charge on any atom is 0.313 e. The molecule has 0 radical (unpaired) electrons. The van der Waals surface area contributed by atoms with E-state index in [-0.39, 0.29) is 35.7 Å². The molecule has 0 aromatic rings. The number of carbonyl (C=O) groups is 3. The molecule has 0 aliphatic rings. The minimum absolute atomic E-state index is 0. The summed E-state index contributed by atoms with van der Waals surface area (Å²) in [4.78, 5) is 31.1. The van der Waals surface area contributed by atoms with Gasteiger partial charge in [-0.05, 0) is 6.92 Å². The third-order valence-electron chi connectivity index (χ3n) is 0.939. The van der Waals surface area contributed by atoms with E-state index in [2.05, 4.69) is 4.74 Å². The summed E-state index contributed by atoms with van der Waals surface area (Å²) in [6, 6.07) is 0. The Labute approximate surface area is 81.1 Å². The SMILES string of the molecule is CC(=O)CCC(=O)OC(C)=O.[Fe]. The number of rotatable bonds is 3. The van der Waals surface area contributed by atoms with E-state index < -0.39 is 11.9 Å². The summed E-state index contributed by atoms with van der Waals surface area (Å²) in [5, 5.41) is 0. The van der Waals surface area contributed by atoms with Crippen molar-refractivity contribution in [2.45, 2.75) is 26.7 Å². The normalized spacial score (nSPS) is 8.17. The van der Waals surface area contributed by atoms with E-state index in [0.717, 1.165) is 6.92 Å². The molecule has 0 spiro atoms. The summed E-state index contributed by atoms with van der Waals surface area (Å²) in [5.74, 6) is -1.38. The molecule has 0 amide bonds. The van der Waals surface area contributed by atoms with Crippen molar-refractivity contribution in [2.24, 2.45) is 0 Å². The zero-order valence-electron chi connectivity index (χ0n) is 6.90. The number of ketones is 1. The topological polar surface area (TPSA) is 60.4 Å². The van der Waals surface area contributed by atoms with E-state index in [1.807, 2.05) is 0 Å². The summed E-state index contributed by atoms with van der Waals surface area (Å²) in [6.07, 6.45) is 0.112. The van der Waals surface area contributed by atoms with E-state index in [0.29, 0.717) is 0 Å². The quantitative estimate of drug-likeness (QED) is 0.388. The van der Waals surface area contributed by atoms with Crippen molar-refractivity contribution in [1.29, 1.82) is 0 Å². The van der Waals surface area contributed by atoms with Crippen LogP contribution in [0.4, 0.5) is 0 Å². The van der Waals surface area contributed by atoms with Crippen LogP contribution in [0.25, 0.3) is 0 Å². The van der Waals surface area contributed by atoms with E-state index in [9.17, 15) is 14.4 Å². The second kappa shape index (κ2) is 7.00. The molecule has 0 saturated carbocycles. The minimum Gasteiger partial charge on any atom is -0.393 e. The predicted molar refractivity (Wildman–Crippen MR) is 36.7 cm³/mol. The van der Waals surface area contributed by atoms with Crippen molar-refractivity contribution in [3.8, 4) is 0 Å². The van der Waals surface area contributed by atoms with Crippen molar-refractivity contribution in [2.75, 3.05) is 0 Å². The average Bonchev–Trinajstić information content (AvgIpc) is 1.82. The fourth-order valence-electron chi connectivity index (χ4n) is 0.489. The van der Waals surface area contributed by atoms with Gasteiger partial charge in [-0.2, -0.15) is 0 Å². The molecule has 0 saturated heterocycles. The van der Waals surface area contributed by atoms with Crippen LogP contribution in [0.2, 0.25) is 0 Å². The van der Waals surface area contributed by atoms with Gasteiger partial charge in [0.25, 0.3) is 0 Å². The van der Waals surface area contributed by atoms with Gasteiger partial charge in [-0.3, -0.25) is 9.59 Å². The van der Waals surface area contributed by atoms with Gasteiger partial charge in [0.1, 0.15) is 5.78 Å². The Balaban J connectivity index is 0. The second-order valence-corrected chi connectivity index (χ2v) is 2.17. The number of ether oxygens (including phenoxy) is 1. The summed E-state index contributed by atoms with van der Waals surface area (Å²) < 4.78 is 4.17. The van der Waals surface area contributed by atoms with Crippen LogP contribution >= 0.6 is 0 Å². The molecule has 0 N–H and O–H groups in total. The Bertz CT molecular complexity index is 188. The fourth-order valence-corrected chi connectivity index (χ4v) is 0.489. The Morgan fingerprint density at radius 3 is 1.92 bits per heavy atom. The number of esters is 2. The minimum atomic E-state index is -0.646. The van der Waals surface area contributed by atoms with Crippen molar-refractivity contribution >= 4 is 17.7 Å². The van der Waals surface area contributed by atoms with Crippen LogP contribution in [0, 0.1) is 0 Å². The first-order valence-electron chi connectivity index (χ1n) is 3.23. The van der Waals surface area contributed by atoms with Crippen LogP contribution in [0.15, 0.2) is 0 Å². The number of carbonyl (C=O) groups excluding carboxylic acids is 3. The van der Waals surface area contributed by atoms with Crippen molar-refractivity contribution in [3.63, 3.8) is 0 Å². The molecule has 0 rings (SSSR count). The number of hydrogen-bond donors (Lipinski definition) is 0. The third-order valence-corrected chi connectivity index (χ3v) is 0.939. The van der Waals surface area contributed by atoms with E-state index in [1.54, 1.807) is 0 Å². The fraction of sp³-hybridized carbons (Fsp3) is 0.571. The first-order chi connectivity index (χ1) is 5.02. The van der Waals surface area contributed by atoms with Gasteiger partial charge < -0.3 is 9.53 Å². The smallest absolute Gasteiger partial charge is 0.313 e. The number of Topliss-reactive ketones (excluding diaryl/α,β-unsaturated/α-hetero) is 1. The Morgan fingerprint density at radius 2 is 1.58 bits per heavy atom. The molecule has 0 heterocycles. The van der Waals surface area contributed by atoms with Gasteiger partial charge >= 0.3 is 11.9 Å². The molecule has 0 aromatic carbocycles. The van der Waals surface area contributed by atoms with Crippen LogP contribution in [0.3, 0.4) is 0 Å². The average molecular weight is 214 g/mol. The summed E-state index contributed by atoms with van der Waals surface area (Å²) in [6.45, 7) is 2.52. The molecule has 4 nitrogen and oxygen atoms in total. The van der Waals surface area contributed by atoms with Gasteiger partial charge in [-0.15, -0.1) is 0 Å². The van der Waals surface area contributed by atoms with E-state index in [4.69, 9.17) is 0 Å². The van der Waals surface area contributed by atoms with Crippen molar-refractivity contribution < 1.29 is 36.2 Å². The Hall–Kier alpha value is -0.671. The van der Waals surface area contributed by atoms with Gasteiger partial charge in [0, 0.05) is 30.4 Å². The molecule has 0 unspecified atom stereocenters. The Kier molecular flexibility index (Phi) is 8.11. The molecular weight excluding hydrogens is 204 g/mol. The zero-order valence-corrected chi connectivity index (χ0v) is 8.00. The molecule has 0 aliphatic carbocycles. The molecule has 12 heavy (non-hydrogen) atoms. The first-order valence-corrected chi connectivity index (χ1v) is 3.23. The third kappa shape index (κ3) is 9.33. The standard InChI is InChI=1S/C7H10O4.Fe/c1-5(8)3-4-7(10)11-6(2)9;/h3-4H2,1-2H3;. The van der Waals surface area contributed by atoms with Crippen molar-refractivity contribution in [1.82, 2.24) is 0 Å². The van der Waals surface area contributed by atoms with Crippen LogP contribution in [0.1, 0.15) is 26.7 Å². The largest absolute Gasteiger partial charge is 0.393 e. The van der Waals surface area contributed by atoms with Gasteiger partial charge in [-0.1, -0.05) is 0 Å². The summed E-state index contributed by atoms with van der Waals surface area (Å²) in [5.41, 5.74) is 0. The molecule has 0 fully saturated rings. The molecule has 70 valence electrons. The predicted octanol–water partition coefficient (Wildman–Crippen LogP) is 0.443. The summed E-state index contributed by atoms with van der Waals surface area (Å²) in [7, 11) is 0. The van der Waals surface area contributed by atoms with Crippen LogP contribution in [0.5, 0.6) is 0 Å². The van der Waals surface area contributed by atoms with Crippen molar-refractivity contribution in [3.05, 3.63) is 0 Å². The molecule has 0 aromatic heterocycles. The van der Waals surface area contributed by atoms with Crippen LogP contribution in [-0.2, 0) is 36.2 Å². The second-order valence-electron chi connectivity index (χ2n) is 2.17. The van der Waals surface area contributed by atoms with Crippen LogP contribution in [-0.4, -0.2) is 17.7 Å². The van der Waals surface area contributed by atoms with Gasteiger partial charge in [0.15, 0.2) is 0 Å². The monoisotopic (exact) mass is 214 g/mol.